The SMILES string of the molecule is CCn1ccc(C(C)NC(=O)c2ccc(COc3ccc(I)cc3)o2)n1. The van der Waals surface area contributed by atoms with Crippen LogP contribution in [-0.2, 0) is 13.2 Å². The largest absolute Gasteiger partial charge is 0.486 e. The van der Waals surface area contributed by atoms with Crippen molar-refractivity contribution in [2.75, 3.05) is 0 Å². The van der Waals surface area contributed by atoms with Crippen LogP contribution in [0.15, 0.2) is 53.1 Å². The Bertz CT molecular complexity index is 870. The number of halogens is 1. The van der Waals surface area contributed by atoms with Crippen molar-refractivity contribution in [3.05, 3.63) is 69.4 Å². The maximum atomic E-state index is 12.3. The lowest BCUT2D eigenvalue weighted by Crippen LogP contribution is -2.26. The molecule has 3 aromatic rings. The number of hydrogen-bond acceptors (Lipinski definition) is 4. The van der Waals surface area contributed by atoms with Gasteiger partial charge >= 0.3 is 0 Å². The van der Waals surface area contributed by atoms with Gasteiger partial charge in [0.15, 0.2) is 5.76 Å². The third kappa shape index (κ3) is 4.66. The summed E-state index contributed by atoms with van der Waals surface area (Å²) in [4.78, 5) is 12.3. The maximum Gasteiger partial charge on any atom is 0.287 e. The fourth-order valence-corrected chi connectivity index (χ4v) is 2.75. The molecule has 0 aliphatic rings. The highest BCUT2D eigenvalue weighted by Gasteiger charge is 2.16. The van der Waals surface area contributed by atoms with E-state index in [4.69, 9.17) is 9.15 Å². The Kier molecular flexibility index (Phi) is 5.97. The number of carbonyl (C=O) groups excluding carboxylic acids is 1. The maximum absolute atomic E-state index is 12.3. The van der Waals surface area contributed by atoms with Crippen LogP contribution in [0.1, 0.15) is 41.9 Å². The zero-order chi connectivity index (χ0) is 18.5. The summed E-state index contributed by atoms with van der Waals surface area (Å²) in [7, 11) is 0. The van der Waals surface area contributed by atoms with Crippen LogP contribution >= 0.6 is 22.6 Å². The molecular weight excluding hydrogens is 445 g/mol. The lowest BCUT2D eigenvalue weighted by molar-refractivity contribution is 0.0907. The number of ether oxygens (including phenoxy) is 1. The van der Waals surface area contributed by atoms with Gasteiger partial charge in [-0.2, -0.15) is 5.10 Å². The molecule has 26 heavy (non-hydrogen) atoms. The minimum absolute atomic E-state index is 0.202. The zero-order valence-corrected chi connectivity index (χ0v) is 16.8. The Morgan fingerprint density at radius 1 is 1.27 bits per heavy atom. The van der Waals surface area contributed by atoms with Crippen LogP contribution in [0, 0.1) is 3.57 Å². The molecule has 0 saturated carbocycles. The highest BCUT2D eigenvalue weighted by Crippen LogP contribution is 2.17. The summed E-state index contributed by atoms with van der Waals surface area (Å²) >= 11 is 2.24. The smallest absolute Gasteiger partial charge is 0.287 e. The molecule has 0 saturated heterocycles. The molecule has 1 atom stereocenters. The molecule has 0 radical (unpaired) electrons. The van der Waals surface area contributed by atoms with Crippen molar-refractivity contribution in [3.63, 3.8) is 0 Å². The molecule has 7 heteroatoms. The summed E-state index contributed by atoms with van der Waals surface area (Å²) in [6, 6.07) is 12.8. The number of hydrogen-bond donors (Lipinski definition) is 1. The van der Waals surface area contributed by atoms with Gasteiger partial charge in [0.2, 0.25) is 0 Å². The summed E-state index contributed by atoms with van der Waals surface area (Å²) in [5, 5.41) is 7.29. The van der Waals surface area contributed by atoms with Gasteiger partial charge in [-0.25, -0.2) is 0 Å². The highest BCUT2D eigenvalue weighted by molar-refractivity contribution is 14.1. The molecule has 0 aliphatic carbocycles. The molecule has 6 nitrogen and oxygen atoms in total. The second-order valence-corrected chi connectivity index (χ2v) is 7.05. The topological polar surface area (TPSA) is 69.3 Å². The second kappa shape index (κ2) is 8.39. The standard InChI is InChI=1S/C19H20IN3O3/c1-3-23-11-10-17(22-23)13(2)21-19(24)18-9-8-16(26-18)12-25-15-6-4-14(20)5-7-15/h4-11,13H,3,12H2,1-2H3,(H,21,24). The van der Waals surface area contributed by atoms with E-state index in [1.54, 1.807) is 12.1 Å². The monoisotopic (exact) mass is 465 g/mol. The van der Waals surface area contributed by atoms with Crippen molar-refractivity contribution in [1.82, 2.24) is 15.1 Å². The third-order valence-corrected chi connectivity index (χ3v) is 4.58. The highest BCUT2D eigenvalue weighted by atomic mass is 127. The molecule has 1 unspecified atom stereocenters. The van der Waals surface area contributed by atoms with E-state index in [9.17, 15) is 4.79 Å². The molecular formula is C19H20IN3O3. The van der Waals surface area contributed by atoms with Crippen molar-refractivity contribution < 1.29 is 13.9 Å². The molecule has 1 amide bonds. The molecule has 1 aromatic carbocycles. The molecule has 2 aromatic heterocycles. The van der Waals surface area contributed by atoms with Gasteiger partial charge < -0.3 is 14.5 Å². The number of nitrogens with one attached hydrogen (secondary N) is 1. The van der Waals surface area contributed by atoms with Crippen molar-refractivity contribution in [2.45, 2.75) is 33.0 Å². The zero-order valence-electron chi connectivity index (χ0n) is 14.6. The van der Waals surface area contributed by atoms with E-state index in [0.29, 0.717) is 5.76 Å². The number of aryl methyl sites for hydroxylation is 1. The van der Waals surface area contributed by atoms with E-state index in [1.165, 1.54) is 0 Å². The first kappa shape index (κ1) is 18.5. The van der Waals surface area contributed by atoms with Gasteiger partial charge in [0.05, 0.1) is 11.7 Å². The summed E-state index contributed by atoms with van der Waals surface area (Å²) in [5.74, 6) is 1.33. The van der Waals surface area contributed by atoms with Crippen LogP contribution < -0.4 is 10.1 Å². The molecule has 0 aliphatic heterocycles. The van der Waals surface area contributed by atoms with Crippen LogP contribution in [0.5, 0.6) is 5.75 Å². The second-order valence-electron chi connectivity index (χ2n) is 5.80. The van der Waals surface area contributed by atoms with Gasteiger partial charge in [-0.05, 0) is 78.9 Å². The Morgan fingerprint density at radius 2 is 2.04 bits per heavy atom. The van der Waals surface area contributed by atoms with E-state index in [1.807, 2.05) is 55.1 Å². The number of rotatable bonds is 7. The Hall–Kier alpha value is -2.29. The Balaban J connectivity index is 1.56. The van der Waals surface area contributed by atoms with E-state index in [0.717, 1.165) is 21.6 Å². The van der Waals surface area contributed by atoms with Crippen LogP contribution in [0.4, 0.5) is 0 Å². The molecule has 2 heterocycles. The number of aromatic nitrogens is 2. The number of furan rings is 1. The van der Waals surface area contributed by atoms with E-state index in [2.05, 4.69) is 33.0 Å². The summed E-state index contributed by atoms with van der Waals surface area (Å²) in [6.07, 6.45) is 1.89. The van der Waals surface area contributed by atoms with E-state index < -0.39 is 0 Å². The first-order valence-corrected chi connectivity index (χ1v) is 9.44. The van der Waals surface area contributed by atoms with Crippen LogP contribution in [0.3, 0.4) is 0 Å². The van der Waals surface area contributed by atoms with Gasteiger partial charge in [-0.3, -0.25) is 9.48 Å². The van der Waals surface area contributed by atoms with Gasteiger partial charge in [-0.1, -0.05) is 0 Å². The normalized spacial score (nSPS) is 12.0. The van der Waals surface area contributed by atoms with Crippen molar-refractivity contribution in [1.29, 1.82) is 0 Å². The lowest BCUT2D eigenvalue weighted by Gasteiger charge is -2.10. The van der Waals surface area contributed by atoms with Crippen LogP contribution in [0.25, 0.3) is 0 Å². The first-order chi connectivity index (χ1) is 12.5. The summed E-state index contributed by atoms with van der Waals surface area (Å²) in [5.41, 5.74) is 0.814. The fraction of sp³-hybridized carbons (Fsp3) is 0.263. The molecule has 0 fully saturated rings. The predicted molar refractivity (Wildman–Crippen MR) is 106 cm³/mol. The Morgan fingerprint density at radius 3 is 2.73 bits per heavy atom. The summed E-state index contributed by atoms with van der Waals surface area (Å²) < 4.78 is 14.2. The van der Waals surface area contributed by atoms with Crippen LogP contribution in [0.2, 0.25) is 0 Å². The first-order valence-electron chi connectivity index (χ1n) is 8.36. The quantitative estimate of drug-likeness (QED) is 0.532. The van der Waals surface area contributed by atoms with Gasteiger partial charge in [-0.15, -0.1) is 0 Å². The van der Waals surface area contributed by atoms with Crippen LogP contribution in [-0.4, -0.2) is 15.7 Å². The van der Waals surface area contributed by atoms with E-state index >= 15 is 0 Å². The molecule has 1 N–H and O–H groups in total. The average molecular weight is 465 g/mol. The fourth-order valence-electron chi connectivity index (χ4n) is 2.39. The predicted octanol–water partition coefficient (Wildman–Crippen LogP) is 4.17. The minimum Gasteiger partial charge on any atom is -0.486 e. The van der Waals surface area contributed by atoms with Crippen molar-refractivity contribution in [2.24, 2.45) is 0 Å². The molecule has 3 rings (SSSR count). The molecule has 136 valence electrons. The third-order valence-electron chi connectivity index (χ3n) is 3.86. The van der Waals surface area contributed by atoms with Gasteiger partial charge in [0.1, 0.15) is 18.1 Å². The summed E-state index contributed by atoms with van der Waals surface area (Å²) in [6.45, 7) is 4.97. The molecule has 0 bridgehead atoms. The molecule has 0 spiro atoms. The van der Waals surface area contributed by atoms with Crippen molar-refractivity contribution in [3.8, 4) is 5.75 Å². The number of nitrogens with zero attached hydrogens (tertiary/aromatic N) is 2. The number of carbonyl (C=O) groups is 1. The lowest BCUT2D eigenvalue weighted by atomic mass is 10.2. The average Bonchev–Trinajstić information content (AvgIpc) is 3.30. The van der Waals surface area contributed by atoms with Gasteiger partial charge in [0.25, 0.3) is 5.91 Å². The van der Waals surface area contributed by atoms with Gasteiger partial charge in [0, 0.05) is 16.3 Å². The Labute approximate surface area is 165 Å². The minimum atomic E-state index is -0.274. The van der Waals surface area contributed by atoms with Crippen molar-refractivity contribution >= 4 is 28.5 Å². The number of amides is 1. The van der Waals surface area contributed by atoms with E-state index in [-0.39, 0.29) is 24.3 Å². The number of benzene rings is 1.